The molecular formula is C18H36N2. The van der Waals surface area contributed by atoms with Gasteiger partial charge in [-0.3, -0.25) is 4.90 Å². The largest absolute Gasteiger partial charge is 0.308 e. The van der Waals surface area contributed by atoms with Crippen LogP contribution in [0.5, 0.6) is 0 Å². The van der Waals surface area contributed by atoms with Crippen LogP contribution in [0.3, 0.4) is 0 Å². The third kappa shape index (κ3) is 3.98. The van der Waals surface area contributed by atoms with Gasteiger partial charge < -0.3 is 5.32 Å². The van der Waals surface area contributed by atoms with E-state index in [1.165, 1.54) is 64.6 Å². The summed E-state index contributed by atoms with van der Waals surface area (Å²) in [5.41, 5.74) is 0.458. The molecule has 2 heteroatoms. The molecule has 2 atom stereocenters. The van der Waals surface area contributed by atoms with E-state index in [0.717, 1.165) is 17.9 Å². The van der Waals surface area contributed by atoms with Gasteiger partial charge in [-0.25, -0.2) is 0 Å². The first-order valence-electron chi connectivity index (χ1n) is 9.05. The molecule has 1 spiro atoms. The van der Waals surface area contributed by atoms with Crippen LogP contribution in [0.4, 0.5) is 0 Å². The molecule has 0 amide bonds. The van der Waals surface area contributed by atoms with Crippen molar-refractivity contribution in [2.75, 3.05) is 19.6 Å². The second-order valence-electron chi connectivity index (χ2n) is 7.83. The standard InChI is InChI=1S/C18H36N2/c1-5-16(4)17-13-19-18(10-7-6-8-11-18)14-20(17)12-9-15(2)3/h15-17,19H,5-14H2,1-4H3. The Bertz CT molecular complexity index is 281. The van der Waals surface area contributed by atoms with Crippen LogP contribution < -0.4 is 5.32 Å². The summed E-state index contributed by atoms with van der Waals surface area (Å²) in [5.74, 6) is 1.64. The third-order valence-electron chi connectivity index (χ3n) is 5.77. The van der Waals surface area contributed by atoms with Crippen LogP contribution in [0, 0.1) is 11.8 Å². The topological polar surface area (TPSA) is 15.3 Å². The number of nitrogens with one attached hydrogen (secondary N) is 1. The van der Waals surface area contributed by atoms with Crippen LogP contribution in [-0.4, -0.2) is 36.1 Å². The summed E-state index contributed by atoms with van der Waals surface area (Å²) in [4.78, 5) is 2.84. The van der Waals surface area contributed by atoms with Crippen molar-refractivity contribution in [2.45, 2.75) is 84.2 Å². The molecule has 1 aliphatic carbocycles. The van der Waals surface area contributed by atoms with Crippen molar-refractivity contribution >= 4 is 0 Å². The molecule has 118 valence electrons. The van der Waals surface area contributed by atoms with Crippen molar-refractivity contribution in [1.82, 2.24) is 10.2 Å². The Morgan fingerprint density at radius 2 is 1.85 bits per heavy atom. The zero-order chi connectivity index (χ0) is 14.6. The summed E-state index contributed by atoms with van der Waals surface area (Å²) >= 11 is 0. The van der Waals surface area contributed by atoms with Crippen LogP contribution >= 0.6 is 0 Å². The summed E-state index contributed by atoms with van der Waals surface area (Å²) in [6, 6.07) is 0.756. The Morgan fingerprint density at radius 1 is 1.15 bits per heavy atom. The Balaban J connectivity index is 2.01. The van der Waals surface area contributed by atoms with E-state index in [-0.39, 0.29) is 0 Å². The van der Waals surface area contributed by atoms with E-state index >= 15 is 0 Å². The minimum absolute atomic E-state index is 0.458. The van der Waals surface area contributed by atoms with Gasteiger partial charge in [-0.05, 0) is 37.6 Å². The van der Waals surface area contributed by atoms with E-state index in [2.05, 4.69) is 37.9 Å². The highest BCUT2D eigenvalue weighted by Crippen LogP contribution is 2.33. The first-order chi connectivity index (χ1) is 9.56. The molecule has 0 aromatic heterocycles. The first kappa shape index (κ1) is 16.3. The van der Waals surface area contributed by atoms with Crippen LogP contribution in [0.25, 0.3) is 0 Å². The van der Waals surface area contributed by atoms with Gasteiger partial charge in [0.05, 0.1) is 0 Å². The Labute approximate surface area is 126 Å². The summed E-state index contributed by atoms with van der Waals surface area (Å²) in [7, 11) is 0. The predicted molar refractivity (Wildman–Crippen MR) is 88.1 cm³/mol. The number of hydrogen-bond donors (Lipinski definition) is 1. The molecule has 0 aromatic rings. The second-order valence-corrected chi connectivity index (χ2v) is 7.83. The molecule has 1 heterocycles. The lowest BCUT2D eigenvalue weighted by Crippen LogP contribution is -2.66. The summed E-state index contributed by atoms with van der Waals surface area (Å²) in [6.45, 7) is 13.3. The third-order valence-corrected chi connectivity index (χ3v) is 5.77. The fraction of sp³-hybridized carbons (Fsp3) is 1.00. The Hall–Kier alpha value is -0.0800. The van der Waals surface area contributed by atoms with Gasteiger partial charge in [-0.15, -0.1) is 0 Å². The quantitative estimate of drug-likeness (QED) is 0.817. The van der Waals surface area contributed by atoms with Gasteiger partial charge in [0.15, 0.2) is 0 Å². The fourth-order valence-electron chi connectivity index (χ4n) is 4.08. The van der Waals surface area contributed by atoms with E-state index in [1.54, 1.807) is 0 Å². The van der Waals surface area contributed by atoms with Crippen LogP contribution in [-0.2, 0) is 0 Å². The molecule has 2 fully saturated rings. The summed E-state index contributed by atoms with van der Waals surface area (Å²) in [6.07, 6.45) is 9.76. The maximum Gasteiger partial charge on any atom is 0.0309 e. The van der Waals surface area contributed by atoms with Crippen molar-refractivity contribution in [3.05, 3.63) is 0 Å². The van der Waals surface area contributed by atoms with Gasteiger partial charge in [0.2, 0.25) is 0 Å². The van der Waals surface area contributed by atoms with E-state index in [4.69, 9.17) is 0 Å². The maximum atomic E-state index is 3.98. The van der Waals surface area contributed by atoms with Crippen molar-refractivity contribution in [3.63, 3.8) is 0 Å². The Morgan fingerprint density at radius 3 is 2.45 bits per heavy atom. The molecule has 2 rings (SSSR count). The van der Waals surface area contributed by atoms with Crippen molar-refractivity contribution in [3.8, 4) is 0 Å². The van der Waals surface area contributed by atoms with Gasteiger partial charge in [0, 0.05) is 24.7 Å². The van der Waals surface area contributed by atoms with Crippen LogP contribution in [0.2, 0.25) is 0 Å². The smallest absolute Gasteiger partial charge is 0.0309 e. The molecule has 2 nitrogen and oxygen atoms in total. The maximum absolute atomic E-state index is 3.98. The molecule has 2 aliphatic rings. The van der Waals surface area contributed by atoms with Crippen molar-refractivity contribution < 1.29 is 0 Å². The molecule has 2 unspecified atom stereocenters. The van der Waals surface area contributed by atoms with Crippen LogP contribution in [0.1, 0.15) is 72.6 Å². The van der Waals surface area contributed by atoms with E-state index in [1.807, 2.05) is 0 Å². The number of piperazine rings is 1. The van der Waals surface area contributed by atoms with E-state index in [0.29, 0.717) is 5.54 Å². The molecular weight excluding hydrogens is 244 g/mol. The van der Waals surface area contributed by atoms with E-state index < -0.39 is 0 Å². The average Bonchev–Trinajstić information content (AvgIpc) is 2.45. The molecule has 0 radical (unpaired) electrons. The molecule has 1 saturated heterocycles. The van der Waals surface area contributed by atoms with Gasteiger partial charge in [-0.1, -0.05) is 53.4 Å². The average molecular weight is 280 g/mol. The lowest BCUT2D eigenvalue weighted by molar-refractivity contribution is 0.0295. The second kappa shape index (κ2) is 7.26. The molecule has 20 heavy (non-hydrogen) atoms. The molecule has 1 saturated carbocycles. The monoisotopic (exact) mass is 280 g/mol. The minimum atomic E-state index is 0.458. The lowest BCUT2D eigenvalue weighted by Gasteiger charge is -2.51. The van der Waals surface area contributed by atoms with Gasteiger partial charge in [-0.2, -0.15) is 0 Å². The van der Waals surface area contributed by atoms with Crippen LogP contribution in [0.15, 0.2) is 0 Å². The normalized spacial score (nSPS) is 28.9. The van der Waals surface area contributed by atoms with Gasteiger partial charge in [0.25, 0.3) is 0 Å². The highest BCUT2D eigenvalue weighted by atomic mass is 15.3. The Kier molecular flexibility index (Phi) is 5.92. The highest BCUT2D eigenvalue weighted by molar-refractivity contribution is 5.00. The summed E-state index contributed by atoms with van der Waals surface area (Å²) < 4.78 is 0. The zero-order valence-electron chi connectivity index (χ0n) is 14.3. The SMILES string of the molecule is CCC(C)C1CNC2(CCCCC2)CN1CCC(C)C. The number of nitrogens with zero attached hydrogens (tertiary/aromatic N) is 1. The van der Waals surface area contributed by atoms with Gasteiger partial charge in [0.1, 0.15) is 0 Å². The predicted octanol–water partition coefficient (Wildman–Crippen LogP) is 4.06. The van der Waals surface area contributed by atoms with Gasteiger partial charge >= 0.3 is 0 Å². The van der Waals surface area contributed by atoms with Crippen molar-refractivity contribution in [2.24, 2.45) is 11.8 Å². The molecule has 1 N–H and O–H groups in total. The lowest BCUT2D eigenvalue weighted by atomic mass is 9.78. The highest BCUT2D eigenvalue weighted by Gasteiger charge is 2.40. The number of rotatable bonds is 5. The molecule has 1 aliphatic heterocycles. The number of hydrogen-bond acceptors (Lipinski definition) is 2. The molecule has 0 aromatic carbocycles. The molecule has 0 bridgehead atoms. The zero-order valence-corrected chi connectivity index (χ0v) is 14.3. The first-order valence-corrected chi connectivity index (χ1v) is 9.05. The fourth-order valence-corrected chi connectivity index (χ4v) is 4.08. The van der Waals surface area contributed by atoms with E-state index in [9.17, 15) is 0 Å². The minimum Gasteiger partial charge on any atom is -0.308 e. The summed E-state index contributed by atoms with van der Waals surface area (Å²) in [5, 5.41) is 3.98. The van der Waals surface area contributed by atoms with Crippen molar-refractivity contribution in [1.29, 1.82) is 0 Å².